The number of hydrogen-bond donors (Lipinski definition) is 2. The van der Waals surface area contributed by atoms with Gasteiger partial charge in [0.05, 0.1) is 12.9 Å². The van der Waals surface area contributed by atoms with Gasteiger partial charge in [0.1, 0.15) is 18.5 Å². The van der Waals surface area contributed by atoms with Crippen molar-refractivity contribution in [3.05, 3.63) is 48.5 Å². The van der Waals surface area contributed by atoms with E-state index in [-0.39, 0.29) is 18.4 Å². The van der Waals surface area contributed by atoms with Crippen LogP contribution in [-0.4, -0.2) is 66.4 Å². The minimum atomic E-state index is -0.745. The first-order chi connectivity index (χ1) is 16.0. The Morgan fingerprint density at radius 1 is 1.21 bits per heavy atom. The van der Waals surface area contributed by atoms with Crippen molar-refractivity contribution in [1.29, 1.82) is 0 Å². The van der Waals surface area contributed by atoms with Crippen molar-refractivity contribution >= 4 is 29.0 Å². The molecule has 0 spiro atoms. The summed E-state index contributed by atoms with van der Waals surface area (Å²) in [6.45, 7) is 3.62. The normalized spacial score (nSPS) is 24.4. The number of carbonyl (C=O) groups is 2. The topological polar surface area (TPSA) is 132 Å². The van der Waals surface area contributed by atoms with Gasteiger partial charge in [-0.1, -0.05) is 44.2 Å². The molecule has 11 nitrogen and oxygen atoms in total. The lowest BCUT2D eigenvalue weighted by atomic mass is 10.1. The number of fused-ring (bicyclic) bond motifs is 2. The molecule has 0 unspecified atom stereocenters. The van der Waals surface area contributed by atoms with Gasteiger partial charge in [0.25, 0.3) is 0 Å². The van der Waals surface area contributed by atoms with Crippen LogP contribution in [0, 0.1) is 5.92 Å². The maximum absolute atomic E-state index is 12.7. The molecular formula is C22H24N6O5. The van der Waals surface area contributed by atoms with Crippen molar-refractivity contribution in [1.82, 2.24) is 24.4 Å². The molecule has 11 heteroatoms. The van der Waals surface area contributed by atoms with E-state index in [0.29, 0.717) is 23.5 Å². The number of anilines is 1. The van der Waals surface area contributed by atoms with Gasteiger partial charge in [-0.05, 0) is 5.56 Å². The second kappa shape index (κ2) is 8.41. The molecule has 2 N–H and O–H groups in total. The maximum Gasteiger partial charge on any atom is 0.411 e. The van der Waals surface area contributed by atoms with Crippen LogP contribution in [0.25, 0.3) is 11.2 Å². The summed E-state index contributed by atoms with van der Waals surface area (Å²) in [7, 11) is 0. The van der Waals surface area contributed by atoms with Crippen LogP contribution in [0.5, 0.6) is 0 Å². The Morgan fingerprint density at radius 3 is 2.73 bits per heavy atom. The molecule has 2 amide bonds. The Hall–Kier alpha value is -3.57. The third kappa shape index (κ3) is 3.68. The number of imidazole rings is 1. The number of rotatable bonds is 6. The molecule has 0 saturated carbocycles. The fourth-order valence-corrected chi connectivity index (χ4v) is 4.24. The average molecular weight is 452 g/mol. The fraction of sp³-hybridized carbons (Fsp3) is 0.409. The van der Waals surface area contributed by atoms with Crippen LogP contribution in [0.4, 0.5) is 10.6 Å². The first-order valence-electron chi connectivity index (χ1n) is 10.7. The molecule has 2 aliphatic heterocycles. The summed E-state index contributed by atoms with van der Waals surface area (Å²) in [5, 5.41) is 12.7. The van der Waals surface area contributed by atoms with Crippen molar-refractivity contribution in [3.63, 3.8) is 0 Å². The Labute approximate surface area is 189 Å². The summed E-state index contributed by atoms with van der Waals surface area (Å²) in [4.78, 5) is 39.3. The minimum absolute atomic E-state index is 0.191. The third-order valence-corrected chi connectivity index (χ3v) is 5.92. The number of aromatic nitrogens is 4. The number of aliphatic hydroxyl groups excluding tert-OH is 1. The van der Waals surface area contributed by atoms with Crippen LogP contribution >= 0.6 is 0 Å². The van der Waals surface area contributed by atoms with Gasteiger partial charge in [-0.2, -0.15) is 0 Å². The summed E-state index contributed by atoms with van der Waals surface area (Å²) >= 11 is 0. The smallest absolute Gasteiger partial charge is 0.411 e. The standard InChI is InChI=1S/C22H24N6O5/c1-12(2)20(30)26-18-15-19(24-10-23-18)28(11-25-15)21-17-16(14(9-29)32-21)27(22(31)33-17)8-13-6-4-3-5-7-13/h3-7,10-12,14,16-17,21,29H,8-9H2,1-2H3,(H,23,24,26,30)/t14-,16-,17-,21-/m1/s1. The highest BCUT2D eigenvalue weighted by Crippen LogP contribution is 2.41. The molecule has 1 aromatic carbocycles. The van der Waals surface area contributed by atoms with Crippen molar-refractivity contribution in [3.8, 4) is 0 Å². The van der Waals surface area contributed by atoms with Crippen molar-refractivity contribution in [2.24, 2.45) is 5.92 Å². The second-order valence-corrected chi connectivity index (χ2v) is 8.39. The highest BCUT2D eigenvalue weighted by atomic mass is 16.6. The SMILES string of the molecule is CC(C)C(=O)Nc1ncnc2c1ncn2[C@@H]1O[C@H](CO)[C@@H]2[C@H]1OC(=O)N2Cc1ccccc1. The van der Waals surface area contributed by atoms with Crippen LogP contribution in [-0.2, 0) is 20.8 Å². The lowest BCUT2D eigenvalue weighted by molar-refractivity contribution is -0.118. The molecule has 0 radical (unpaired) electrons. The summed E-state index contributed by atoms with van der Waals surface area (Å²) in [6.07, 6.45) is 0.317. The first kappa shape index (κ1) is 21.3. The van der Waals surface area contributed by atoms with E-state index in [1.54, 1.807) is 23.3 Å². The monoisotopic (exact) mass is 452 g/mol. The largest absolute Gasteiger partial charge is 0.439 e. The summed E-state index contributed by atoms with van der Waals surface area (Å²) in [6, 6.07) is 9.08. The molecular weight excluding hydrogens is 428 g/mol. The molecule has 2 fully saturated rings. The van der Waals surface area contributed by atoms with E-state index in [2.05, 4.69) is 20.3 Å². The predicted octanol–water partition coefficient (Wildman–Crippen LogP) is 1.70. The molecule has 4 heterocycles. The van der Waals surface area contributed by atoms with Gasteiger partial charge in [-0.15, -0.1) is 0 Å². The van der Waals surface area contributed by atoms with Crippen molar-refractivity contribution in [2.75, 3.05) is 11.9 Å². The lowest BCUT2D eigenvalue weighted by Gasteiger charge is -2.23. The molecule has 33 heavy (non-hydrogen) atoms. The number of amides is 2. The lowest BCUT2D eigenvalue weighted by Crippen LogP contribution is -2.42. The van der Waals surface area contributed by atoms with Gasteiger partial charge in [-0.3, -0.25) is 14.3 Å². The van der Waals surface area contributed by atoms with Gasteiger partial charge in [0.15, 0.2) is 29.3 Å². The van der Waals surface area contributed by atoms with Crippen LogP contribution in [0.1, 0.15) is 25.6 Å². The highest BCUT2D eigenvalue weighted by Gasteiger charge is 2.57. The molecule has 0 bridgehead atoms. The molecule has 4 atom stereocenters. The Morgan fingerprint density at radius 2 is 2.00 bits per heavy atom. The third-order valence-electron chi connectivity index (χ3n) is 5.92. The first-order valence-corrected chi connectivity index (χ1v) is 10.7. The average Bonchev–Trinajstić information content (AvgIpc) is 3.48. The number of aliphatic hydroxyl groups is 1. The summed E-state index contributed by atoms with van der Waals surface area (Å²) in [5.41, 5.74) is 1.76. The molecule has 3 aromatic rings. The van der Waals surface area contributed by atoms with E-state index in [1.165, 1.54) is 12.7 Å². The fourth-order valence-electron chi connectivity index (χ4n) is 4.24. The highest BCUT2D eigenvalue weighted by molar-refractivity contribution is 5.97. The Kier molecular flexibility index (Phi) is 5.43. The molecule has 172 valence electrons. The predicted molar refractivity (Wildman–Crippen MR) is 116 cm³/mol. The van der Waals surface area contributed by atoms with Crippen LogP contribution in [0.15, 0.2) is 43.0 Å². The van der Waals surface area contributed by atoms with Crippen molar-refractivity contribution in [2.45, 2.75) is 44.9 Å². The number of carbonyl (C=O) groups excluding carboxylic acids is 2. The number of ether oxygens (including phenoxy) is 2. The number of benzene rings is 1. The molecule has 2 saturated heterocycles. The van der Waals surface area contributed by atoms with Gasteiger partial charge < -0.3 is 19.9 Å². The van der Waals surface area contributed by atoms with E-state index in [9.17, 15) is 14.7 Å². The van der Waals surface area contributed by atoms with Gasteiger partial charge >= 0.3 is 6.09 Å². The zero-order valence-corrected chi connectivity index (χ0v) is 18.2. The molecule has 2 aromatic heterocycles. The second-order valence-electron chi connectivity index (χ2n) is 8.39. The minimum Gasteiger partial charge on any atom is -0.439 e. The van der Waals surface area contributed by atoms with E-state index in [1.807, 2.05) is 30.3 Å². The Bertz CT molecular complexity index is 1180. The maximum atomic E-state index is 12.7. The van der Waals surface area contributed by atoms with E-state index >= 15 is 0 Å². The zero-order chi connectivity index (χ0) is 23.1. The van der Waals surface area contributed by atoms with Crippen LogP contribution in [0.2, 0.25) is 0 Å². The molecule has 2 aliphatic rings. The zero-order valence-electron chi connectivity index (χ0n) is 18.2. The summed E-state index contributed by atoms with van der Waals surface area (Å²) in [5.74, 6) is -0.127. The van der Waals surface area contributed by atoms with E-state index in [0.717, 1.165) is 5.56 Å². The molecule has 5 rings (SSSR count). The van der Waals surface area contributed by atoms with Crippen LogP contribution < -0.4 is 5.32 Å². The van der Waals surface area contributed by atoms with Crippen molar-refractivity contribution < 1.29 is 24.2 Å². The van der Waals surface area contributed by atoms with Gasteiger partial charge in [-0.25, -0.2) is 19.7 Å². The number of nitrogens with zero attached hydrogens (tertiary/aromatic N) is 5. The summed E-state index contributed by atoms with van der Waals surface area (Å²) < 4.78 is 13.5. The van der Waals surface area contributed by atoms with E-state index in [4.69, 9.17) is 9.47 Å². The number of hydrogen-bond acceptors (Lipinski definition) is 8. The Balaban J connectivity index is 1.46. The molecule has 0 aliphatic carbocycles. The van der Waals surface area contributed by atoms with Crippen LogP contribution in [0.3, 0.4) is 0 Å². The van der Waals surface area contributed by atoms with Gasteiger partial charge in [0.2, 0.25) is 5.91 Å². The quantitative estimate of drug-likeness (QED) is 0.578. The van der Waals surface area contributed by atoms with Gasteiger partial charge in [0, 0.05) is 12.5 Å². The van der Waals surface area contributed by atoms with E-state index < -0.39 is 30.6 Å². The number of nitrogens with one attached hydrogen (secondary N) is 1.